The van der Waals surface area contributed by atoms with Gasteiger partial charge in [-0.25, -0.2) is 4.98 Å². The zero-order valence-electron chi connectivity index (χ0n) is 10.1. The second-order valence-electron chi connectivity index (χ2n) is 3.83. The Morgan fingerprint density at radius 1 is 1.41 bits per heavy atom. The number of hydrogen-bond donors (Lipinski definition) is 1. The summed E-state index contributed by atoms with van der Waals surface area (Å²) in [5.74, 6) is 0.802. The summed E-state index contributed by atoms with van der Waals surface area (Å²) >= 11 is 1.72. The van der Waals surface area contributed by atoms with Crippen LogP contribution in [0.4, 0.5) is 5.69 Å². The molecule has 0 aliphatic heterocycles. The monoisotopic (exact) mass is 248 g/mol. The van der Waals surface area contributed by atoms with E-state index in [2.05, 4.69) is 11.9 Å². The predicted molar refractivity (Wildman–Crippen MR) is 71.4 cm³/mol. The molecule has 4 heteroatoms. The Balaban J connectivity index is 2.04. The Kier molecular flexibility index (Phi) is 3.64. The number of aromatic nitrogens is 1. The highest BCUT2D eigenvalue weighted by Gasteiger charge is 2.06. The molecule has 0 saturated heterocycles. The second kappa shape index (κ2) is 5.19. The van der Waals surface area contributed by atoms with Crippen LogP contribution in [0.1, 0.15) is 22.5 Å². The minimum atomic E-state index is 0.562. The van der Waals surface area contributed by atoms with Crippen molar-refractivity contribution in [3.8, 4) is 5.75 Å². The SMILES string of the molecule is CCc1nc(C)c(COc2cccc(N)c2)s1. The van der Waals surface area contributed by atoms with E-state index in [1.54, 1.807) is 11.3 Å². The molecule has 0 bridgehead atoms. The molecule has 90 valence electrons. The summed E-state index contributed by atoms with van der Waals surface area (Å²) in [6.07, 6.45) is 0.976. The molecule has 0 saturated carbocycles. The van der Waals surface area contributed by atoms with Crippen LogP contribution in [0, 0.1) is 6.92 Å². The van der Waals surface area contributed by atoms with E-state index in [1.807, 2.05) is 31.2 Å². The summed E-state index contributed by atoms with van der Waals surface area (Å²) in [7, 11) is 0. The summed E-state index contributed by atoms with van der Waals surface area (Å²) in [5, 5.41) is 1.16. The summed E-state index contributed by atoms with van der Waals surface area (Å²) in [4.78, 5) is 5.66. The number of nitrogens with zero attached hydrogens (tertiary/aromatic N) is 1. The fourth-order valence-corrected chi connectivity index (χ4v) is 2.45. The Morgan fingerprint density at radius 2 is 2.24 bits per heavy atom. The van der Waals surface area contributed by atoms with Crippen LogP contribution in [-0.2, 0) is 13.0 Å². The van der Waals surface area contributed by atoms with Crippen molar-refractivity contribution < 1.29 is 4.74 Å². The molecule has 0 aliphatic rings. The zero-order valence-corrected chi connectivity index (χ0v) is 10.9. The van der Waals surface area contributed by atoms with Gasteiger partial charge in [-0.2, -0.15) is 0 Å². The van der Waals surface area contributed by atoms with Gasteiger partial charge in [0.2, 0.25) is 0 Å². The molecule has 1 aromatic carbocycles. The van der Waals surface area contributed by atoms with Gasteiger partial charge in [-0.3, -0.25) is 0 Å². The fraction of sp³-hybridized carbons (Fsp3) is 0.308. The molecule has 2 rings (SSSR count). The number of benzene rings is 1. The van der Waals surface area contributed by atoms with E-state index in [9.17, 15) is 0 Å². The van der Waals surface area contributed by atoms with Crippen LogP contribution in [0.15, 0.2) is 24.3 Å². The summed E-state index contributed by atoms with van der Waals surface area (Å²) in [6, 6.07) is 7.48. The van der Waals surface area contributed by atoms with Crippen molar-refractivity contribution in [1.82, 2.24) is 4.98 Å². The summed E-state index contributed by atoms with van der Waals surface area (Å²) in [5.41, 5.74) is 7.48. The molecule has 0 radical (unpaired) electrons. The third-order valence-corrected chi connectivity index (χ3v) is 3.74. The lowest BCUT2D eigenvalue weighted by Gasteiger charge is -2.05. The van der Waals surface area contributed by atoms with Crippen molar-refractivity contribution in [2.45, 2.75) is 26.9 Å². The first-order chi connectivity index (χ1) is 8.19. The van der Waals surface area contributed by atoms with Gasteiger partial charge < -0.3 is 10.5 Å². The maximum atomic E-state index is 5.70. The minimum absolute atomic E-state index is 0.562. The number of hydrogen-bond acceptors (Lipinski definition) is 4. The maximum Gasteiger partial charge on any atom is 0.124 e. The third kappa shape index (κ3) is 2.97. The standard InChI is InChI=1S/C13H16N2OS/c1-3-13-15-9(2)12(17-13)8-16-11-6-4-5-10(14)7-11/h4-7H,3,8,14H2,1-2H3. The highest BCUT2D eigenvalue weighted by Crippen LogP contribution is 2.22. The molecule has 3 nitrogen and oxygen atoms in total. The smallest absolute Gasteiger partial charge is 0.124 e. The number of rotatable bonds is 4. The van der Waals surface area contributed by atoms with E-state index < -0.39 is 0 Å². The molecule has 17 heavy (non-hydrogen) atoms. The van der Waals surface area contributed by atoms with Gasteiger partial charge in [0.25, 0.3) is 0 Å². The molecular formula is C13H16N2OS. The quantitative estimate of drug-likeness (QED) is 0.845. The van der Waals surface area contributed by atoms with Gasteiger partial charge in [-0.15, -0.1) is 11.3 Å². The number of aryl methyl sites for hydroxylation is 2. The van der Waals surface area contributed by atoms with Crippen molar-refractivity contribution in [2.24, 2.45) is 0 Å². The second-order valence-corrected chi connectivity index (χ2v) is 5.00. The molecule has 0 atom stereocenters. The number of nitrogen functional groups attached to an aromatic ring is 1. The lowest BCUT2D eigenvalue weighted by atomic mass is 10.3. The Bertz CT molecular complexity index is 508. The normalized spacial score (nSPS) is 10.5. The molecule has 2 aromatic rings. The molecule has 0 unspecified atom stereocenters. The minimum Gasteiger partial charge on any atom is -0.488 e. The number of thiazole rings is 1. The van der Waals surface area contributed by atoms with E-state index in [0.29, 0.717) is 6.61 Å². The molecule has 0 fully saturated rings. The van der Waals surface area contributed by atoms with E-state index >= 15 is 0 Å². The molecule has 1 aromatic heterocycles. The molecule has 2 N–H and O–H groups in total. The third-order valence-electron chi connectivity index (χ3n) is 2.47. The van der Waals surface area contributed by atoms with E-state index in [1.165, 1.54) is 4.88 Å². The molecular weight excluding hydrogens is 232 g/mol. The Labute approximate surface area is 105 Å². The van der Waals surface area contributed by atoms with Gasteiger partial charge in [0.1, 0.15) is 12.4 Å². The topological polar surface area (TPSA) is 48.1 Å². The Hall–Kier alpha value is -1.55. The van der Waals surface area contributed by atoms with Crippen LogP contribution in [-0.4, -0.2) is 4.98 Å². The van der Waals surface area contributed by atoms with Gasteiger partial charge in [0.05, 0.1) is 15.6 Å². The number of anilines is 1. The van der Waals surface area contributed by atoms with E-state index in [0.717, 1.165) is 28.6 Å². The lowest BCUT2D eigenvalue weighted by molar-refractivity contribution is 0.309. The zero-order chi connectivity index (χ0) is 12.3. The largest absolute Gasteiger partial charge is 0.488 e. The van der Waals surface area contributed by atoms with E-state index in [-0.39, 0.29) is 0 Å². The van der Waals surface area contributed by atoms with Gasteiger partial charge in [0, 0.05) is 11.8 Å². The van der Waals surface area contributed by atoms with Crippen LogP contribution in [0.2, 0.25) is 0 Å². The average Bonchev–Trinajstić information content (AvgIpc) is 2.68. The first-order valence-corrected chi connectivity index (χ1v) is 6.44. The molecule has 0 amide bonds. The fourth-order valence-electron chi connectivity index (χ4n) is 1.53. The molecule has 1 heterocycles. The Morgan fingerprint density at radius 3 is 2.88 bits per heavy atom. The van der Waals surface area contributed by atoms with Gasteiger partial charge >= 0.3 is 0 Å². The van der Waals surface area contributed by atoms with Crippen LogP contribution in [0.3, 0.4) is 0 Å². The van der Waals surface area contributed by atoms with Gasteiger partial charge in [0.15, 0.2) is 0 Å². The first kappa shape index (κ1) is 11.9. The molecule has 0 aliphatic carbocycles. The predicted octanol–water partition coefficient (Wildman–Crippen LogP) is 3.18. The van der Waals surface area contributed by atoms with Crippen molar-refractivity contribution in [3.63, 3.8) is 0 Å². The highest BCUT2D eigenvalue weighted by atomic mass is 32.1. The lowest BCUT2D eigenvalue weighted by Crippen LogP contribution is -1.95. The first-order valence-electron chi connectivity index (χ1n) is 5.62. The van der Waals surface area contributed by atoms with Crippen LogP contribution < -0.4 is 10.5 Å². The van der Waals surface area contributed by atoms with Crippen molar-refractivity contribution >= 4 is 17.0 Å². The van der Waals surface area contributed by atoms with Gasteiger partial charge in [-0.1, -0.05) is 13.0 Å². The van der Waals surface area contributed by atoms with Crippen molar-refractivity contribution in [3.05, 3.63) is 39.8 Å². The van der Waals surface area contributed by atoms with E-state index in [4.69, 9.17) is 10.5 Å². The summed E-state index contributed by atoms with van der Waals surface area (Å²) in [6.45, 7) is 4.70. The van der Waals surface area contributed by atoms with Crippen LogP contribution >= 0.6 is 11.3 Å². The van der Waals surface area contributed by atoms with Crippen LogP contribution in [0.25, 0.3) is 0 Å². The number of ether oxygens (including phenoxy) is 1. The van der Waals surface area contributed by atoms with Crippen molar-refractivity contribution in [2.75, 3.05) is 5.73 Å². The molecule has 0 spiro atoms. The van der Waals surface area contributed by atoms with Gasteiger partial charge in [-0.05, 0) is 25.5 Å². The highest BCUT2D eigenvalue weighted by molar-refractivity contribution is 7.11. The average molecular weight is 248 g/mol. The van der Waals surface area contributed by atoms with Crippen LogP contribution in [0.5, 0.6) is 5.75 Å². The maximum absolute atomic E-state index is 5.70. The number of nitrogens with two attached hydrogens (primary N) is 1. The summed E-state index contributed by atoms with van der Waals surface area (Å²) < 4.78 is 5.70. The van der Waals surface area contributed by atoms with Crippen molar-refractivity contribution in [1.29, 1.82) is 0 Å².